The molecule has 1 aromatic carbocycles. The molecule has 40 heavy (non-hydrogen) atoms. The number of furan rings is 2. The third-order valence-electron chi connectivity index (χ3n) is 6.46. The molecule has 0 spiro atoms. The minimum atomic E-state index is -4.61. The molecule has 0 unspecified atom stereocenters. The Morgan fingerprint density at radius 1 is 0.525 bits per heavy atom. The van der Waals surface area contributed by atoms with Gasteiger partial charge in [-0.25, -0.2) is 9.97 Å². The van der Waals surface area contributed by atoms with Crippen LogP contribution in [-0.4, -0.2) is 9.97 Å². The summed E-state index contributed by atoms with van der Waals surface area (Å²) in [6.45, 7) is 10.6. The maximum Gasteiger partial charge on any atom is 0.433 e. The molecule has 0 bridgehead atoms. The van der Waals surface area contributed by atoms with Crippen molar-refractivity contribution in [1.82, 2.24) is 9.97 Å². The van der Waals surface area contributed by atoms with Gasteiger partial charge in [-0.1, -0.05) is 65.8 Å². The van der Waals surface area contributed by atoms with Crippen molar-refractivity contribution in [3.63, 3.8) is 0 Å². The Morgan fingerprint density at radius 3 is 1.12 bits per heavy atom. The van der Waals surface area contributed by atoms with E-state index in [9.17, 15) is 26.3 Å². The Morgan fingerprint density at radius 2 is 0.850 bits per heavy atom. The SMILES string of the molecule is CC(C)(C)c1nc(C(F)(F)F)cc2cc(-c3ccc(-c4cc5cc(C(F)(F)F)nc(C(C)(C)C)c5o4)cc3)oc12. The van der Waals surface area contributed by atoms with Gasteiger partial charge < -0.3 is 8.83 Å². The Hall–Kier alpha value is -3.82. The van der Waals surface area contributed by atoms with Gasteiger partial charge in [0, 0.05) is 32.7 Å². The highest BCUT2D eigenvalue weighted by molar-refractivity contribution is 5.87. The van der Waals surface area contributed by atoms with Gasteiger partial charge in [-0.2, -0.15) is 26.3 Å². The average Bonchev–Trinajstić information content (AvgIpc) is 3.44. The molecule has 210 valence electrons. The van der Waals surface area contributed by atoms with Crippen LogP contribution < -0.4 is 0 Å². The van der Waals surface area contributed by atoms with Crippen LogP contribution in [-0.2, 0) is 23.2 Å². The number of nitrogens with zero attached hydrogens (tertiary/aromatic N) is 2. The Balaban J connectivity index is 1.57. The summed E-state index contributed by atoms with van der Waals surface area (Å²) in [6.07, 6.45) is -9.22. The van der Waals surface area contributed by atoms with Crippen LogP contribution >= 0.6 is 0 Å². The molecule has 0 fully saturated rings. The summed E-state index contributed by atoms with van der Waals surface area (Å²) >= 11 is 0. The molecule has 4 aromatic heterocycles. The van der Waals surface area contributed by atoms with E-state index in [2.05, 4.69) is 9.97 Å². The summed E-state index contributed by atoms with van der Waals surface area (Å²) in [7, 11) is 0. The van der Waals surface area contributed by atoms with E-state index < -0.39 is 34.6 Å². The van der Waals surface area contributed by atoms with Crippen molar-refractivity contribution >= 4 is 21.9 Å². The molecule has 0 radical (unpaired) electrons. The van der Waals surface area contributed by atoms with Gasteiger partial charge in [0.1, 0.15) is 22.9 Å². The van der Waals surface area contributed by atoms with Crippen molar-refractivity contribution in [2.24, 2.45) is 0 Å². The highest BCUT2D eigenvalue weighted by Gasteiger charge is 2.37. The number of hydrogen-bond donors (Lipinski definition) is 0. The van der Waals surface area contributed by atoms with Crippen molar-refractivity contribution in [3.05, 3.63) is 71.3 Å². The van der Waals surface area contributed by atoms with E-state index in [4.69, 9.17) is 8.83 Å². The number of rotatable bonds is 2. The molecule has 0 saturated carbocycles. The smallest absolute Gasteiger partial charge is 0.433 e. The molecule has 0 aliphatic heterocycles. The molecule has 10 heteroatoms. The molecule has 0 aliphatic carbocycles. The third-order valence-corrected chi connectivity index (χ3v) is 6.46. The van der Waals surface area contributed by atoms with Gasteiger partial charge in [-0.3, -0.25) is 0 Å². The molecule has 5 aromatic rings. The van der Waals surface area contributed by atoms with E-state index in [0.717, 1.165) is 12.1 Å². The second-order valence-electron chi connectivity index (χ2n) is 11.8. The van der Waals surface area contributed by atoms with E-state index in [0.29, 0.717) is 22.6 Å². The van der Waals surface area contributed by atoms with Crippen LogP contribution in [0, 0.1) is 0 Å². The minimum Gasteiger partial charge on any atom is -0.454 e. The average molecular weight is 561 g/mol. The molecule has 0 saturated heterocycles. The van der Waals surface area contributed by atoms with E-state index in [1.54, 1.807) is 65.8 Å². The van der Waals surface area contributed by atoms with Crippen LogP contribution in [0.1, 0.15) is 64.3 Å². The lowest BCUT2D eigenvalue weighted by Crippen LogP contribution is -2.18. The second-order valence-corrected chi connectivity index (χ2v) is 11.8. The summed E-state index contributed by atoms with van der Waals surface area (Å²) < 4.78 is 93.0. The van der Waals surface area contributed by atoms with E-state index in [1.807, 2.05) is 0 Å². The zero-order valence-electron chi connectivity index (χ0n) is 22.6. The molecule has 0 aliphatic rings. The van der Waals surface area contributed by atoms with Gasteiger partial charge in [0.25, 0.3) is 0 Å². The predicted octanol–water partition coefficient (Wildman–Crippen LogP) is 9.94. The number of halogens is 6. The number of aromatic nitrogens is 2. The topological polar surface area (TPSA) is 52.1 Å². The number of fused-ring (bicyclic) bond motifs is 2. The predicted molar refractivity (Wildman–Crippen MR) is 140 cm³/mol. The van der Waals surface area contributed by atoms with Crippen molar-refractivity contribution in [2.45, 2.75) is 64.7 Å². The quantitative estimate of drug-likeness (QED) is 0.202. The first-order valence-corrected chi connectivity index (χ1v) is 12.5. The largest absolute Gasteiger partial charge is 0.454 e. The van der Waals surface area contributed by atoms with E-state index in [-0.39, 0.29) is 33.3 Å². The van der Waals surface area contributed by atoms with Crippen LogP contribution in [0.5, 0.6) is 0 Å². The van der Waals surface area contributed by atoms with Crippen molar-refractivity contribution in [1.29, 1.82) is 0 Å². The number of alkyl halides is 6. The van der Waals surface area contributed by atoms with Gasteiger partial charge >= 0.3 is 12.4 Å². The van der Waals surface area contributed by atoms with Crippen LogP contribution in [0.2, 0.25) is 0 Å². The Labute approximate surface area is 226 Å². The Bertz CT molecular complexity index is 1600. The lowest BCUT2D eigenvalue weighted by Gasteiger charge is -2.19. The van der Waals surface area contributed by atoms with Crippen molar-refractivity contribution < 1.29 is 35.2 Å². The summed E-state index contributed by atoms with van der Waals surface area (Å²) in [5.41, 5.74) is -1.24. The zero-order chi connectivity index (χ0) is 29.4. The first-order chi connectivity index (χ1) is 18.3. The molecular weight excluding hydrogens is 534 g/mol. The third kappa shape index (κ3) is 5.07. The van der Waals surface area contributed by atoms with Crippen LogP contribution in [0.3, 0.4) is 0 Å². The lowest BCUT2D eigenvalue weighted by molar-refractivity contribution is -0.142. The fourth-order valence-electron chi connectivity index (χ4n) is 4.49. The molecule has 0 N–H and O–H groups in total. The van der Waals surface area contributed by atoms with Gasteiger partial charge in [-0.05, 0) is 24.3 Å². The molecule has 4 nitrogen and oxygen atoms in total. The Kier molecular flexibility index (Phi) is 6.13. The van der Waals surface area contributed by atoms with Crippen LogP contribution in [0.15, 0.2) is 57.4 Å². The zero-order valence-corrected chi connectivity index (χ0v) is 22.6. The van der Waals surface area contributed by atoms with E-state index in [1.165, 1.54) is 12.1 Å². The van der Waals surface area contributed by atoms with Gasteiger partial charge in [-0.15, -0.1) is 0 Å². The maximum atomic E-state index is 13.5. The van der Waals surface area contributed by atoms with Crippen LogP contribution in [0.25, 0.3) is 44.6 Å². The number of hydrogen-bond acceptors (Lipinski definition) is 4. The standard InChI is InChI=1S/C30H26F6N2O2/c1-27(2,3)25-23-17(13-21(37-25)29(31,32)33)11-19(39-23)15-7-9-16(10-8-15)20-12-18-14-22(30(34,35)36)38-26(24(18)40-20)28(4,5)6/h7-14H,1-6H3. The number of benzene rings is 1. The number of pyridine rings is 2. The summed E-state index contributed by atoms with van der Waals surface area (Å²) in [6, 6.07) is 11.8. The fraction of sp³-hybridized carbons (Fsp3) is 0.333. The van der Waals surface area contributed by atoms with E-state index >= 15 is 0 Å². The highest BCUT2D eigenvalue weighted by Crippen LogP contribution is 2.40. The van der Waals surface area contributed by atoms with Gasteiger partial charge in [0.15, 0.2) is 11.2 Å². The second kappa shape index (κ2) is 8.84. The monoisotopic (exact) mass is 560 g/mol. The van der Waals surface area contributed by atoms with Gasteiger partial charge in [0.05, 0.1) is 11.4 Å². The summed E-state index contributed by atoms with van der Waals surface area (Å²) in [4.78, 5) is 7.73. The van der Waals surface area contributed by atoms with Crippen LogP contribution in [0.4, 0.5) is 26.3 Å². The lowest BCUT2D eigenvalue weighted by atomic mass is 9.90. The summed E-state index contributed by atoms with van der Waals surface area (Å²) in [5, 5.41) is 0.567. The maximum absolute atomic E-state index is 13.5. The molecule has 0 amide bonds. The van der Waals surface area contributed by atoms with Gasteiger partial charge in [0.2, 0.25) is 0 Å². The van der Waals surface area contributed by atoms with Crippen molar-refractivity contribution in [2.75, 3.05) is 0 Å². The normalized spacial score (nSPS) is 13.5. The fourth-order valence-corrected chi connectivity index (χ4v) is 4.49. The highest BCUT2D eigenvalue weighted by atomic mass is 19.4. The minimum absolute atomic E-state index is 0.198. The first-order valence-electron chi connectivity index (χ1n) is 12.5. The molecule has 0 atom stereocenters. The molecular formula is C30H26F6N2O2. The first kappa shape index (κ1) is 27.7. The molecule has 4 heterocycles. The summed E-state index contributed by atoms with van der Waals surface area (Å²) in [5.74, 6) is 0.707. The molecule has 5 rings (SSSR count). The van der Waals surface area contributed by atoms with Crippen molar-refractivity contribution in [3.8, 4) is 22.6 Å².